The smallest absolute Gasteiger partial charge is 0.0878 e. The van der Waals surface area contributed by atoms with Crippen LogP contribution in [-0.2, 0) is 0 Å². The molecule has 0 aromatic heterocycles. The molecule has 22 heavy (non-hydrogen) atoms. The lowest BCUT2D eigenvalue weighted by Crippen LogP contribution is -2.38. The zero-order valence-corrected chi connectivity index (χ0v) is 14.0. The molecule has 0 saturated carbocycles. The van der Waals surface area contributed by atoms with Crippen molar-refractivity contribution in [3.05, 3.63) is 46.4 Å². The second kappa shape index (κ2) is 5.65. The summed E-state index contributed by atoms with van der Waals surface area (Å²) in [4.78, 5) is 2.13. The molecule has 2 N–H and O–H groups in total. The minimum absolute atomic E-state index is 0.560. The Labute approximate surface area is 140 Å². The number of β-amino-alcohol motifs (C(OH)–C–C–N with tert-alkyl or cyclic N) is 1. The van der Waals surface area contributed by atoms with Crippen molar-refractivity contribution >= 4 is 34.6 Å². The van der Waals surface area contributed by atoms with E-state index in [1.54, 1.807) is 6.07 Å². The first-order valence-electron chi connectivity index (χ1n) is 7.14. The van der Waals surface area contributed by atoms with Crippen LogP contribution in [0.15, 0.2) is 36.4 Å². The Morgan fingerprint density at radius 2 is 1.95 bits per heavy atom. The number of rotatable bonds is 3. The van der Waals surface area contributed by atoms with Crippen molar-refractivity contribution in [3.8, 4) is 11.1 Å². The SMILES string of the molecule is CC(C)(O)CN1CNc2ccc(-c3ccc(Cl)cc3Cl)cc21. The lowest BCUT2D eigenvalue weighted by Gasteiger charge is -2.26. The Kier molecular flexibility index (Phi) is 3.98. The molecule has 1 aliphatic rings. The van der Waals surface area contributed by atoms with Gasteiger partial charge in [0.1, 0.15) is 0 Å². The van der Waals surface area contributed by atoms with Crippen molar-refractivity contribution in [2.45, 2.75) is 19.4 Å². The van der Waals surface area contributed by atoms with Gasteiger partial charge in [0.2, 0.25) is 0 Å². The van der Waals surface area contributed by atoms with Gasteiger partial charge in [0.25, 0.3) is 0 Å². The molecular formula is C17H18Cl2N2O. The fourth-order valence-corrected chi connectivity index (χ4v) is 3.23. The highest BCUT2D eigenvalue weighted by Gasteiger charge is 2.25. The van der Waals surface area contributed by atoms with Gasteiger partial charge in [-0.15, -0.1) is 0 Å². The summed E-state index contributed by atoms with van der Waals surface area (Å²) in [5.74, 6) is 0. The summed E-state index contributed by atoms with van der Waals surface area (Å²) in [7, 11) is 0. The third-order valence-corrected chi connectivity index (χ3v) is 4.17. The molecule has 0 spiro atoms. The second-order valence-corrected chi connectivity index (χ2v) is 7.05. The number of hydrogen-bond donors (Lipinski definition) is 2. The van der Waals surface area contributed by atoms with Crippen LogP contribution in [-0.4, -0.2) is 23.9 Å². The van der Waals surface area contributed by atoms with E-state index in [2.05, 4.69) is 16.3 Å². The first-order chi connectivity index (χ1) is 10.3. The van der Waals surface area contributed by atoms with Gasteiger partial charge in [-0.3, -0.25) is 0 Å². The maximum Gasteiger partial charge on any atom is 0.0878 e. The highest BCUT2D eigenvalue weighted by molar-refractivity contribution is 6.36. The lowest BCUT2D eigenvalue weighted by molar-refractivity contribution is 0.0880. The van der Waals surface area contributed by atoms with Gasteiger partial charge in [-0.2, -0.15) is 0 Å². The average Bonchev–Trinajstić information content (AvgIpc) is 2.79. The summed E-state index contributed by atoms with van der Waals surface area (Å²) in [6, 6.07) is 11.7. The first kappa shape index (κ1) is 15.5. The van der Waals surface area contributed by atoms with Crippen LogP contribution in [0.1, 0.15) is 13.8 Å². The summed E-state index contributed by atoms with van der Waals surface area (Å²) >= 11 is 12.3. The number of halogens is 2. The largest absolute Gasteiger partial charge is 0.389 e. The molecule has 0 fully saturated rings. The monoisotopic (exact) mass is 336 g/mol. The normalized spacial score (nSPS) is 14.0. The molecule has 1 aliphatic heterocycles. The van der Waals surface area contributed by atoms with E-state index in [1.807, 2.05) is 38.1 Å². The summed E-state index contributed by atoms with van der Waals surface area (Å²) < 4.78 is 0. The van der Waals surface area contributed by atoms with Gasteiger partial charge in [0.05, 0.1) is 23.6 Å². The van der Waals surface area contributed by atoms with Crippen molar-refractivity contribution in [3.63, 3.8) is 0 Å². The number of benzene rings is 2. The third-order valence-electron chi connectivity index (χ3n) is 3.62. The highest BCUT2D eigenvalue weighted by Crippen LogP contribution is 2.38. The molecule has 0 bridgehead atoms. The maximum absolute atomic E-state index is 10.1. The number of aliphatic hydroxyl groups is 1. The molecule has 2 aromatic carbocycles. The Bertz CT molecular complexity index is 710. The summed E-state index contributed by atoms with van der Waals surface area (Å²) in [6.07, 6.45) is 0. The zero-order chi connectivity index (χ0) is 15.9. The second-order valence-electron chi connectivity index (χ2n) is 6.20. The standard InChI is InChI=1S/C17H18Cl2N2O/c1-17(2,22)9-21-10-20-15-6-3-11(7-16(15)21)13-5-4-12(18)8-14(13)19/h3-8,20,22H,9-10H2,1-2H3. The van der Waals surface area contributed by atoms with Gasteiger partial charge in [-0.1, -0.05) is 35.3 Å². The fourth-order valence-electron chi connectivity index (χ4n) is 2.71. The number of nitrogens with one attached hydrogen (secondary N) is 1. The molecule has 3 rings (SSSR count). The number of fused-ring (bicyclic) bond motifs is 1. The van der Waals surface area contributed by atoms with Crippen LogP contribution in [0.4, 0.5) is 11.4 Å². The lowest BCUT2D eigenvalue weighted by atomic mass is 10.0. The fraction of sp³-hybridized carbons (Fsp3) is 0.294. The molecule has 0 amide bonds. The summed E-state index contributed by atoms with van der Waals surface area (Å²) in [5.41, 5.74) is 3.37. The molecule has 1 heterocycles. The van der Waals surface area contributed by atoms with Crippen molar-refractivity contribution in [1.29, 1.82) is 0 Å². The van der Waals surface area contributed by atoms with Gasteiger partial charge < -0.3 is 15.3 Å². The van der Waals surface area contributed by atoms with Crippen LogP contribution in [0.2, 0.25) is 10.0 Å². The van der Waals surface area contributed by atoms with Gasteiger partial charge >= 0.3 is 0 Å². The zero-order valence-electron chi connectivity index (χ0n) is 12.5. The van der Waals surface area contributed by atoms with Crippen molar-refractivity contribution in [2.75, 3.05) is 23.4 Å². The van der Waals surface area contributed by atoms with Gasteiger partial charge in [-0.05, 0) is 43.7 Å². The molecule has 0 radical (unpaired) electrons. The number of hydrogen-bond acceptors (Lipinski definition) is 3. The summed E-state index contributed by atoms with van der Waals surface area (Å²) in [5, 5.41) is 14.7. The Hall–Kier alpha value is -1.42. The van der Waals surface area contributed by atoms with Crippen molar-refractivity contribution in [1.82, 2.24) is 0 Å². The van der Waals surface area contributed by atoms with Gasteiger partial charge in [-0.25, -0.2) is 0 Å². The third kappa shape index (κ3) is 3.17. The molecular weight excluding hydrogens is 319 g/mol. The molecule has 116 valence electrons. The van der Waals surface area contributed by atoms with Gasteiger partial charge in [0, 0.05) is 22.2 Å². The van der Waals surface area contributed by atoms with E-state index in [0.717, 1.165) is 22.5 Å². The average molecular weight is 337 g/mol. The topological polar surface area (TPSA) is 35.5 Å². The Balaban J connectivity index is 1.98. The Morgan fingerprint density at radius 1 is 1.18 bits per heavy atom. The van der Waals surface area contributed by atoms with Crippen LogP contribution >= 0.6 is 23.2 Å². The number of nitrogens with zero attached hydrogens (tertiary/aromatic N) is 1. The van der Waals surface area contributed by atoms with E-state index in [-0.39, 0.29) is 0 Å². The minimum atomic E-state index is -0.753. The van der Waals surface area contributed by atoms with Crippen LogP contribution in [0.5, 0.6) is 0 Å². The van der Waals surface area contributed by atoms with Crippen LogP contribution in [0.25, 0.3) is 11.1 Å². The number of anilines is 2. The highest BCUT2D eigenvalue weighted by atomic mass is 35.5. The van der Waals surface area contributed by atoms with Crippen LogP contribution < -0.4 is 10.2 Å². The summed E-state index contributed by atoms with van der Waals surface area (Å²) in [6.45, 7) is 4.87. The van der Waals surface area contributed by atoms with E-state index < -0.39 is 5.60 Å². The van der Waals surface area contributed by atoms with Crippen LogP contribution in [0, 0.1) is 0 Å². The molecule has 0 atom stereocenters. The van der Waals surface area contributed by atoms with E-state index in [9.17, 15) is 5.11 Å². The maximum atomic E-state index is 10.1. The van der Waals surface area contributed by atoms with Gasteiger partial charge in [0.15, 0.2) is 0 Å². The van der Waals surface area contributed by atoms with E-state index >= 15 is 0 Å². The molecule has 0 aliphatic carbocycles. The molecule has 2 aromatic rings. The quantitative estimate of drug-likeness (QED) is 0.858. The van der Waals surface area contributed by atoms with Crippen molar-refractivity contribution < 1.29 is 5.11 Å². The van der Waals surface area contributed by atoms with Crippen LogP contribution in [0.3, 0.4) is 0 Å². The Morgan fingerprint density at radius 3 is 2.64 bits per heavy atom. The molecule has 0 saturated heterocycles. The molecule has 3 nitrogen and oxygen atoms in total. The van der Waals surface area contributed by atoms with E-state index in [0.29, 0.717) is 23.3 Å². The van der Waals surface area contributed by atoms with E-state index in [4.69, 9.17) is 23.2 Å². The predicted molar refractivity (Wildman–Crippen MR) is 94.0 cm³/mol. The predicted octanol–water partition coefficient (Wildman–Crippen LogP) is 4.62. The van der Waals surface area contributed by atoms with Crippen molar-refractivity contribution in [2.24, 2.45) is 0 Å². The first-order valence-corrected chi connectivity index (χ1v) is 7.90. The van der Waals surface area contributed by atoms with E-state index in [1.165, 1.54) is 0 Å². The molecule has 5 heteroatoms. The minimum Gasteiger partial charge on any atom is -0.389 e. The molecule has 0 unspecified atom stereocenters.